The molecule has 1 saturated heterocycles. The molecule has 2 aromatic heterocycles. The van der Waals surface area contributed by atoms with E-state index in [-0.39, 0.29) is 5.91 Å². The van der Waals surface area contributed by atoms with Gasteiger partial charge in [-0.1, -0.05) is 6.92 Å². The predicted octanol–water partition coefficient (Wildman–Crippen LogP) is 1.98. The van der Waals surface area contributed by atoms with Gasteiger partial charge in [-0.05, 0) is 37.8 Å². The highest BCUT2D eigenvalue weighted by Gasteiger charge is 2.25. The molecule has 0 radical (unpaired) electrons. The van der Waals surface area contributed by atoms with Crippen LogP contribution in [0, 0.1) is 0 Å². The van der Waals surface area contributed by atoms with Gasteiger partial charge in [0.05, 0.1) is 0 Å². The van der Waals surface area contributed by atoms with E-state index in [2.05, 4.69) is 37.6 Å². The van der Waals surface area contributed by atoms with Crippen molar-refractivity contribution in [1.29, 1.82) is 0 Å². The average molecular weight is 341 g/mol. The number of pyridine rings is 1. The molecule has 0 bridgehead atoms. The molecule has 1 aliphatic heterocycles. The molecule has 0 aliphatic carbocycles. The summed E-state index contributed by atoms with van der Waals surface area (Å²) in [6.45, 7) is 3.11. The number of aromatic nitrogens is 3. The van der Waals surface area contributed by atoms with Crippen LogP contribution in [0.15, 0.2) is 30.9 Å². The maximum atomic E-state index is 12.1. The Kier molecular flexibility index (Phi) is 5.27. The minimum atomic E-state index is -0.286. The normalized spacial score (nSPS) is 17.2. The third-order valence-corrected chi connectivity index (χ3v) is 4.47. The first-order chi connectivity index (χ1) is 12.2. The van der Waals surface area contributed by atoms with E-state index in [1.807, 2.05) is 0 Å². The zero-order valence-corrected chi connectivity index (χ0v) is 14.3. The van der Waals surface area contributed by atoms with E-state index >= 15 is 0 Å². The van der Waals surface area contributed by atoms with E-state index < -0.39 is 0 Å². The molecule has 1 fully saturated rings. The number of anilines is 3. The smallest absolute Gasteiger partial charge is 0.269 e. The second-order valence-corrected chi connectivity index (χ2v) is 6.03. The Balaban J connectivity index is 1.74. The molecule has 0 aromatic carbocycles. The quantitative estimate of drug-likeness (QED) is 0.713. The Labute approximate surface area is 146 Å². The molecule has 25 heavy (non-hydrogen) atoms. The third kappa shape index (κ3) is 3.78. The number of hydrazine groups is 1. The molecule has 8 nitrogen and oxygen atoms in total. The average Bonchev–Trinajstić information content (AvgIpc) is 2.67. The number of hydrogen-bond acceptors (Lipinski definition) is 7. The number of nitrogens with two attached hydrogens (primary N) is 1. The lowest BCUT2D eigenvalue weighted by molar-refractivity contribution is 0.0962. The summed E-state index contributed by atoms with van der Waals surface area (Å²) in [7, 11) is 0. The standard InChI is InChI=1S/C17H23N7O/c1-2-13-5-3-4-10-24(13)16-14(18)15(20-11-21-16)22-23-17(25)12-6-8-19-9-7-12/h6-9,11,13H,2-5,10,18H2,1H3,(H,23,25)(H,20,21,22). The first kappa shape index (κ1) is 16.9. The van der Waals surface area contributed by atoms with Crippen molar-refractivity contribution < 1.29 is 4.79 Å². The van der Waals surface area contributed by atoms with Gasteiger partial charge in [-0.25, -0.2) is 9.97 Å². The minimum absolute atomic E-state index is 0.286. The van der Waals surface area contributed by atoms with E-state index in [1.54, 1.807) is 24.5 Å². The Hall–Kier alpha value is -2.90. The van der Waals surface area contributed by atoms with Crippen LogP contribution in [0.2, 0.25) is 0 Å². The lowest BCUT2D eigenvalue weighted by Gasteiger charge is -2.36. The lowest BCUT2D eigenvalue weighted by Crippen LogP contribution is -2.40. The van der Waals surface area contributed by atoms with E-state index in [1.165, 1.54) is 12.7 Å². The van der Waals surface area contributed by atoms with E-state index in [0.29, 0.717) is 23.1 Å². The molecule has 1 aliphatic rings. The fourth-order valence-corrected chi connectivity index (χ4v) is 3.11. The van der Waals surface area contributed by atoms with Crippen LogP contribution in [0.3, 0.4) is 0 Å². The molecule has 0 spiro atoms. The van der Waals surface area contributed by atoms with Crippen LogP contribution in [0.5, 0.6) is 0 Å². The van der Waals surface area contributed by atoms with Crippen molar-refractivity contribution >= 4 is 23.2 Å². The van der Waals surface area contributed by atoms with Gasteiger partial charge < -0.3 is 10.6 Å². The number of piperidine rings is 1. The second-order valence-electron chi connectivity index (χ2n) is 6.03. The van der Waals surface area contributed by atoms with Crippen LogP contribution < -0.4 is 21.5 Å². The Morgan fingerprint density at radius 1 is 1.32 bits per heavy atom. The van der Waals surface area contributed by atoms with Crippen LogP contribution in [-0.4, -0.2) is 33.4 Å². The van der Waals surface area contributed by atoms with Crippen molar-refractivity contribution in [3.05, 3.63) is 36.4 Å². The van der Waals surface area contributed by atoms with Crippen LogP contribution in [0.1, 0.15) is 43.0 Å². The number of rotatable bonds is 5. The van der Waals surface area contributed by atoms with Gasteiger partial charge in [0.15, 0.2) is 11.6 Å². The molecular weight excluding hydrogens is 318 g/mol. The van der Waals surface area contributed by atoms with E-state index in [9.17, 15) is 4.79 Å². The third-order valence-electron chi connectivity index (χ3n) is 4.47. The maximum Gasteiger partial charge on any atom is 0.269 e. The van der Waals surface area contributed by atoms with Gasteiger partial charge in [-0.2, -0.15) is 0 Å². The van der Waals surface area contributed by atoms with Gasteiger partial charge in [0.25, 0.3) is 5.91 Å². The number of hydrogen-bond donors (Lipinski definition) is 3. The number of nitrogens with one attached hydrogen (secondary N) is 2. The first-order valence-corrected chi connectivity index (χ1v) is 8.54. The topological polar surface area (TPSA) is 109 Å². The van der Waals surface area contributed by atoms with Gasteiger partial charge in [0.2, 0.25) is 0 Å². The Morgan fingerprint density at radius 3 is 2.88 bits per heavy atom. The molecule has 4 N–H and O–H groups in total. The second kappa shape index (κ2) is 7.78. The molecular formula is C17H23N7O. The van der Waals surface area contributed by atoms with Crippen LogP contribution in [-0.2, 0) is 0 Å². The number of nitrogens with zero attached hydrogens (tertiary/aromatic N) is 4. The number of carbonyl (C=O) groups excluding carboxylic acids is 1. The van der Waals surface area contributed by atoms with E-state index in [0.717, 1.165) is 31.6 Å². The molecule has 1 unspecified atom stereocenters. The van der Waals surface area contributed by atoms with Crippen LogP contribution in [0.4, 0.5) is 17.3 Å². The molecule has 8 heteroatoms. The maximum absolute atomic E-state index is 12.1. The summed E-state index contributed by atoms with van der Waals surface area (Å²) in [5.74, 6) is 0.835. The molecule has 0 saturated carbocycles. The summed E-state index contributed by atoms with van der Waals surface area (Å²) in [6, 6.07) is 3.70. The lowest BCUT2D eigenvalue weighted by atomic mass is 10.00. The summed E-state index contributed by atoms with van der Waals surface area (Å²) in [4.78, 5) is 26.8. The van der Waals surface area contributed by atoms with E-state index in [4.69, 9.17) is 5.73 Å². The Bertz CT molecular complexity index is 722. The highest BCUT2D eigenvalue weighted by molar-refractivity contribution is 5.95. The molecule has 3 heterocycles. The van der Waals surface area contributed by atoms with Crippen molar-refractivity contribution in [3.8, 4) is 0 Å². The number of nitrogen functional groups attached to an aromatic ring is 1. The highest BCUT2D eigenvalue weighted by Crippen LogP contribution is 2.31. The summed E-state index contributed by atoms with van der Waals surface area (Å²) >= 11 is 0. The van der Waals surface area contributed by atoms with Crippen molar-refractivity contribution in [3.63, 3.8) is 0 Å². The van der Waals surface area contributed by atoms with Crippen molar-refractivity contribution in [2.45, 2.75) is 38.6 Å². The summed E-state index contributed by atoms with van der Waals surface area (Å²) < 4.78 is 0. The largest absolute Gasteiger partial charge is 0.393 e. The summed E-state index contributed by atoms with van der Waals surface area (Å²) in [5, 5.41) is 0. The number of amides is 1. The minimum Gasteiger partial charge on any atom is -0.393 e. The SMILES string of the molecule is CCC1CCCCN1c1ncnc(NNC(=O)c2ccncc2)c1N. The number of carbonyl (C=O) groups is 1. The summed E-state index contributed by atoms with van der Waals surface area (Å²) in [5.41, 5.74) is 12.6. The van der Waals surface area contributed by atoms with Gasteiger partial charge in [-0.3, -0.25) is 20.6 Å². The van der Waals surface area contributed by atoms with Crippen LogP contribution in [0.25, 0.3) is 0 Å². The molecule has 1 amide bonds. The molecule has 2 aromatic rings. The van der Waals surface area contributed by atoms with Crippen molar-refractivity contribution in [2.24, 2.45) is 0 Å². The first-order valence-electron chi connectivity index (χ1n) is 8.54. The monoisotopic (exact) mass is 341 g/mol. The fraction of sp³-hybridized carbons (Fsp3) is 0.412. The van der Waals surface area contributed by atoms with Gasteiger partial charge >= 0.3 is 0 Å². The van der Waals surface area contributed by atoms with Gasteiger partial charge in [0, 0.05) is 30.5 Å². The van der Waals surface area contributed by atoms with Crippen molar-refractivity contribution in [1.82, 2.24) is 20.4 Å². The highest BCUT2D eigenvalue weighted by atomic mass is 16.2. The molecule has 132 valence electrons. The molecule has 3 rings (SSSR count). The molecule has 1 atom stereocenters. The fourth-order valence-electron chi connectivity index (χ4n) is 3.11. The zero-order valence-electron chi connectivity index (χ0n) is 14.3. The zero-order chi connectivity index (χ0) is 17.6. The van der Waals surface area contributed by atoms with Gasteiger partial charge in [-0.15, -0.1) is 0 Å². The van der Waals surface area contributed by atoms with Gasteiger partial charge in [0.1, 0.15) is 12.0 Å². The van der Waals surface area contributed by atoms with Crippen LogP contribution >= 0.6 is 0 Å². The Morgan fingerprint density at radius 2 is 2.12 bits per heavy atom. The van der Waals surface area contributed by atoms with Crippen molar-refractivity contribution in [2.75, 3.05) is 22.6 Å². The summed E-state index contributed by atoms with van der Waals surface area (Å²) in [6.07, 6.45) is 9.13. The predicted molar refractivity (Wildman–Crippen MR) is 97.0 cm³/mol.